The maximum absolute atomic E-state index is 11.6. The molecule has 3 fully saturated rings. The number of nitrogens with zero attached hydrogens (tertiary/aromatic N) is 1. The molecular formula is C21H31NO2. The van der Waals surface area contributed by atoms with Gasteiger partial charge in [-0.1, -0.05) is 43.2 Å². The number of fused-ring (bicyclic) bond motifs is 2. The normalized spacial score (nSPS) is 33.7. The van der Waals surface area contributed by atoms with Crippen LogP contribution in [0.4, 0.5) is 0 Å². The Labute approximate surface area is 146 Å². The van der Waals surface area contributed by atoms with Gasteiger partial charge in [0.05, 0.1) is 12.7 Å². The summed E-state index contributed by atoms with van der Waals surface area (Å²) in [5.41, 5.74) is 0.205. The van der Waals surface area contributed by atoms with Crippen LogP contribution in [0.15, 0.2) is 30.3 Å². The summed E-state index contributed by atoms with van der Waals surface area (Å²) in [6.45, 7) is 0.446. The summed E-state index contributed by atoms with van der Waals surface area (Å²) in [7, 11) is 2.25. The molecule has 0 unspecified atom stereocenters. The SMILES string of the molecule is CN1[C@H]2CC[C@@H](OC[C@@](O)(c3ccccc3)C3CCCC3)[C@@H]1CC2. The highest BCUT2D eigenvalue weighted by molar-refractivity contribution is 5.24. The summed E-state index contributed by atoms with van der Waals surface area (Å²) in [4.78, 5) is 2.52. The first kappa shape index (κ1) is 16.6. The minimum Gasteiger partial charge on any atom is -0.382 e. The summed E-state index contributed by atoms with van der Waals surface area (Å²) in [6, 6.07) is 11.5. The molecule has 1 aromatic rings. The van der Waals surface area contributed by atoms with E-state index in [1.807, 2.05) is 18.2 Å². The van der Waals surface area contributed by atoms with Gasteiger partial charge in [-0.2, -0.15) is 0 Å². The highest BCUT2D eigenvalue weighted by atomic mass is 16.5. The van der Waals surface area contributed by atoms with E-state index < -0.39 is 5.60 Å². The summed E-state index contributed by atoms with van der Waals surface area (Å²) in [5, 5.41) is 11.6. The van der Waals surface area contributed by atoms with Crippen molar-refractivity contribution in [1.82, 2.24) is 4.90 Å². The fourth-order valence-corrected chi connectivity index (χ4v) is 5.38. The lowest BCUT2D eigenvalue weighted by molar-refractivity contribution is -0.129. The Kier molecular flexibility index (Phi) is 4.68. The summed E-state index contributed by atoms with van der Waals surface area (Å²) < 4.78 is 6.42. The van der Waals surface area contributed by atoms with Gasteiger partial charge in [-0.15, -0.1) is 0 Å². The zero-order chi connectivity index (χ0) is 16.6. The van der Waals surface area contributed by atoms with Crippen molar-refractivity contribution < 1.29 is 9.84 Å². The average molecular weight is 329 g/mol. The van der Waals surface area contributed by atoms with Gasteiger partial charge in [0.2, 0.25) is 0 Å². The lowest BCUT2D eigenvalue weighted by atomic mass is 9.80. The number of likely N-dealkylation sites (N-methyl/N-ethyl adjacent to an activating group) is 1. The molecule has 2 heterocycles. The topological polar surface area (TPSA) is 32.7 Å². The largest absolute Gasteiger partial charge is 0.382 e. The molecule has 3 aliphatic rings. The van der Waals surface area contributed by atoms with Crippen LogP contribution in [0.1, 0.15) is 56.9 Å². The summed E-state index contributed by atoms with van der Waals surface area (Å²) in [5.74, 6) is 0.331. The smallest absolute Gasteiger partial charge is 0.116 e. The number of aliphatic hydroxyl groups is 1. The Morgan fingerprint density at radius 2 is 1.75 bits per heavy atom. The van der Waals surface area contributed by atoms with E-state index >= 15 is 0 Å². The number of benzene rings is 1. The molecule has 1 aliphatic carbocycles. The second-order valence-electron chi connectivity index (χ2n) is 8.16. The van der Waals surface area contributed by atoms with Crippen molar-refractivity contribution in [2.45, 2.75) is 75.2 Å². The molecule has 2 aliphatic heterocycles. The first-order chi connectivity index (χ1) is 11.7. The van der Waals surface area contributed by atoms with E-state index in [0.717, 1.165) is 30.9 Å². The highest BCUT2D eigenvalue weighted by Crippen LogP contribution is 2.42. The standard InChI is InChI=1S/C21H31NO2/c1-22-18-11-13-19(22)20(14-12-18)24-15-21(23,17-9-5-6-10-17)16-7-3-2-4-8-16/h2-4,7-8,17-20,23H,5-6,9-15H2,1H3/t18-,19+,20-,21-/m1/s1. The molecule has 0 amide bonds. The van der Waals surface area contributed by atoms with Gasteiger partial charge in [0.25, 0.3) is 0 Å². The van der Waals surface area contributed by atoms with Crippen molar-refractivity contribution in [2.24, 2.45) is 5.92 Å². The van der Waals surface area contributed by atoms with Crippen molar-refractivity contribution in [3.05, 3.63) is 35.9 Å². The number of piperidine rings is 1. The van der Waals surface area contributed by atoms with Gasteiger partial charge in [0.15, 0.2) is 0 Å². The third kappa shape index (κ3) is 2.91. The van der Waals surface area contributed by atoms with Gasteiger partial charge in [0, 0.05) is 12.1 Å². The molecule has 2 saturated heterocycles. The van der Waals surface area contributed by atoms with Gasteiger partial charge in [-0.05, 0) is 57.1 Å². The van der Waals surface area contributed by atoms with E-state index in [4.69, 9.17) is 4.74 Å². The van der Waals surface area contributed by atoms with Crippen molar-refractivity contribution in [3.8, 4) is 0 Å². The van der Waals surface area contributed by atoms with Crippen LogP contribution in [0.2, 0.25) is 0 Å². The Balaban J connectivity index is 1.50. The van der Waals surface area contributed by atoms with E-state index in [2.05, 4.69) is 24.1 Å². The molecule has 1 saturated carbocycles. The fraction of sp³-hybridized carbons (Fsp3) is 0.714. The number of hydrogen-bond donors (Lipinski definition) is 1. The molecule has 2 bridgehead atoms. The third-order valence-electron chi connectivity index (χ3n) is 6.93. The fourth-order valence-electron chi connectivity index (χ4n) is 5.38. The third-order valence-corrected chi connectivity index (χ3v) is 6.93. The van der Waals surface area contributed by atoms with Gasteiger partial charge in [-0.25, -0.2) is 0 Å². The van der Waals surface area contributed by atoms with Crippen LogP contribution in [0.5, 0.6) is 0 Å². The molecular weight excluding hydrogens is 298 g/mol. The molecule has 4 rings (SSSR count). The summed E-state index contributed by atoms with van der Waals surface area (Å²) in [6.07, 6.45) is 9.93. The second-order valence-corrected chi connectivity index (χ2v) is 8.16. The molecule has 24 heavy (non-hydrogen) atoms. The predicted molar refractivity (Wildman–Crippen MR) is 95.8 cm³/mol. The lowest BCUT2D eigenvalue weighted by Gasteiger charge is -2.40. The Hall–Kier alpha value is -0.900. The molecule has 3 heteroatoms. The van der Waals surface area contributed by atoms with Crippen molar-refractivity contribution >= 4 is 0 Å². The van der Waals surface area contributed by atoms with Gasteiger partial charge < -0.3 is 9.84 Å². The van der Waals surface area contributed by atoms with Crippen LogP contribution in [0, 0.1) is 5.92 Å². The number of hydrogen-bond acceptors (Lipinski definition) is 3. The molecule has 0 radical (unpaired) electrons. The average Bonchev–Trinajstić information content (AvgIpc) is 3.22. The minimum absolute atomic E-state index is 0.283. The zero-order valence-electron chi connectivity index (χ0n) is 14.9. The predicted octanol–water partition coefficient (Wildman–Crippen LogP) is 3.71. The molecule has 1 aromatic carbocycles. The highest BCUT2D eigenvalue weighted by Gasteiger charge is 2.44. The second kappa shape index (κ2) is 6.78. The van der Waals surface area contributed by atoms with Crippen LogP contribution in [-0.2, 0) is 10.3 Å². The lowest BCUT2D eigenvalue weighted by Crippen LogP contribution is -2.48. The number of ether oxygens (including phenoxy) is 1. The molecule has 1 N–H and O–H groups in total. The maximum atomic E-state index is 11.6. The van der Waals surface area contributed by atoms with Gasteiger partial charge in [-0.3, -0.25) is 4.90 Å². The Bertz CT molecular complexity index is 542. The zero-order valence-corrected chi connectivity index (χ0v) is 14.9. The van der Waals surface area contributed by atoms with E-state index in [1.165, 1.54) is 32.1 Å². The van der Waals surface area contributed by atoms with Gasteiger partial charge >= 0.3 is 0 Å². The van der Waals surface area contributed by atoms with E-state index in [-0.39, 0.29) is 6.10 Å². The minimum atomic E-state index is -0.828. The molecule has 3 nitrogen and oxygen atoms in total. The van der Waals surface area contributed by atoms with E-state index in [9.17, 15) is 5.11 Å². The first-order valence-electron chi connectivity index (χ1n) is 9.80. The summed E-state index contributed by atoms with van der Waals surface area (Å²) >= 11 is 0. The van der Waals surface area contributed by atoms with Crippen molar-refractivity contribution in [1.29, 1.82) is 0 Å². The number of rotatable bonds is 5. The molecule has 4 atom stereocenters. The van der Waals surface area contributed by atoms with E-state index in [0.29, 0.717) is 18.6 Å². The Morgan fingerprint density at radius 1 is 1.04 bits per heavy atom. The van der Waals surface area contributed by atoms with Gasteiger partial charge in [0.1, 0.15) is 5.60 Å². The van der Waals surface area contributed by atoms with E-state index in [1.54, 1.807) is 0 Å². The van der Waals surface area contributed by atoms with Crippen LogP contribution in [0.25, 0.3) is 0 Å². The molecule has 0 spiro atoms. The molecule has 0 aromatic heterocycles. The quantitative estimate of drug-likeness (QED) is 0.894. The molecule has 132 valence electrons. The maximum Gasteiger partial charge on any atom is 0.116 e. The van der Waals surface area contributed by atoms with Crippen LogP contribution < -0.4 is 0 Å². The Morgan fingerprint density at radius 3 is 2.50 bits per heavy atom. The van der Waals surface area contributed by atoms with Crippen LogP contribution in [-0.4, -0.2) is 41.8 Å². The van der Waals surface area contributed by atoms with Crippen LogP contribution >= 0.6 is 0 Å². The van der Waals surface area contributed by atoms with Crippen molar-refractivity contribution in [3.63, 3.8) is 0 Å². The first-order valence-corrected chi connectivity index (χ1v) is 9.80. The van der Waals surface area contributed by atoms with Crippen LogP contribution in [0.3, 0.4) is 0 Å². The van der Waals surface area contributed by atoms with Crippen molar-refractivity contribution in [2.75, 3.05) is 13.7 Å². The monoisotopic (exact) mass is 329 g/mol.